The number of aryl methyl sites for hydroxylation is 2. The van der Waals surface area contributed by atoms with Gasteiger partial charge in [0, 0.05) is 44.0 Å². The van der Waals surface area contributed by atoms with Crippen LogP contribution in [0.4, 0.5) is 10.7 Å². The molecule has 1 aromatic carbocycles. The lowest BCUT2D eigenvalue weighted by Crippen LogP contribution is -2.49. The third-order valence-electron chi connectivity index (χ3n) is 7.91. The van der Waals surface area contributed by atoms with Crippen molar-refractivity contribution in [3.8, 4) is 16.9 Å². The summed E-state index contributed by atoms with van der Waals surface area (Å²) in [6, 6.07) is 9.91. The van der Waals surface area contributed by atoms with E-state index < -0.39 is 0 Å². The Hall–Kier alpha value is -4.12. The zero-order valence-electron chi connectivity index (χ0n) is 22.1. The normalized spacial score (nSPS) is 20.9. The molecule has 1 N–H and O–H groups in total. The van der Waals surface area contributed by atoms with Gasteiger partial charge in [0.1, 0.15) is 23.9 Å². The van der Waals surface area contributed by atoms with Crippen molar-refractivity contribution in [1.82, 2.24) is 29.9 Å². The van der Waals surface area contributed by atoms with Crippen LogP contribution in [0.1, 0.15) is 29.6 Å². The molecule has 0 bridgehead atoms. The maximum atomic E-state index is 12.8. The first-order valence-electron chi connectivity index (χ1n) is 13.5. The second-order valence-electron chi connectivity index (χ2n) is 10.4. The average Bonchev–Trinajstić information content (AvgIpc) is 3.68. The molecule has 202 valence electrons. The molecule has 3 aromatic heterocycles. The molecule has 2 fully saturated rings. The minimum atomic E-state index is -0.138. The predicted molar refractivity (Wildman–Crippen MR) is 144 cm³/mol. The molecule has 2 atom stereocenters. The van der Waals surface area contributed by atoms with Crippen molar-refractivity contribution in [3.63, 3.8) is 0 Å². The number of pyridine rings is 1. The molecule has 2 unspecified atom stereocenters. The molecule has 3 aliphatic rings. The van der Waals surface area contributed by atoms with Gasteiger partial charge >= 0.3 is 6.03 Å². The van der Waals surface area contributed by atoms with Crippen LogP contribution < -0.4 is 15.0 Å². The summed E-state index contributed by atoms with van der Waals surface area (Å²) in [7, 11) is 0. The number of morpholine rings is 1. The quantitative estimate of drug-likeness (QED) is 0.429. The molecule has 0 saturated carbocycles. The fraction of sp³-hybridized carbons (Fsp3) is 0.429. The average molecular weight is 530 g/mol. The summed E-state index contributed by atoms with van der Waals surface area (Å²) in [5.74, 6) is 2.40. The van der Waals surface area contributed by atoms with Gasteiger partial charge < -0.3 is 29.1 Å². The summed E-state index contributed by atoms with van der Waals surface area (Å²) in [5, 5.41) is 7.40. The zero-order chi connectivity index (χ0) is 26.5. The highest BCUT2D eigenvalue weighted by Gasteiger charge is 2.36. The van der Waals surface area contributed by atoms with E-state index in [1.54, 1.807) is 0 Å². The van der Waals surface area contributed by atoms with Crippen LogP contribution in [0.5, 0.6) is 5.75 Å². The monoisotopic (exact) mass is 529 g/mol. The number of amides is 2. The topological polar surface area (TPSA) is 111 Å². The van der Waals surface area contributed by atoms with Crippen LogP contribution in [0.3, 0.4) is 0 Å². The van der Waals surface area contributed by atoms with Gasteiger partial charge in [-0.2, -0.15) is 0 Å². The van der Waals surface area contributed by atoms with E-state index in [4.69, 9.17) is 19.0 Å². The molecule has 2 saturated heterocycles. The molecular formula is C28H31N7O4. The van der Waals surface area contributed by atoms with Crippen LogP contribution in [0, 0.1) is 13.8 Å². The van der Waals surface area contributed by atoms with Crippen LogP contribution in [-0.2, 0) is 4.74 Å². The summed E-state index contributed by atoms with van der Waals surface area (Å²) in [6.07, 6.45) is 2.66. The molecular weight excluding hydrogens is 498 g/mol. The van der Waals surface area contributed by atoms with E-state index in [0.29, 0.717) is 39.5 Å². The molecule has 0 aliphatic carbocycles. The molecule has 2 amide bonds. The number of hydrogen-bond donors (Lipinski definition) is 1. The highest BCUT2D eigenvalue weighted by molar-refractivity contribution is 5.94. The Balaban J connectivity index is 1.27. The van der Waals surface area contributed by atoms with Crippen LogP contribution >= 0.6 is 0 Å². The number of imidazole rings is 1. The van der Waals surface area contributed by atoms with Crippen molar-refractivity contribution in [3.05, 3.63) is 53.7 Å². The number of aromatic nitrogens is 4. The van der Waals surface area contributed by atoms with Gasteiger partial charge in [0.05, 0.1) is 35.7 Å². The minimum absolute atomic E-state index is 0.0223. The first-order valence-corrected chi connectivity index (χ1v) is 13.5. The molecule has 11 nitrogen and oxygen atoms in total. The lowest BCUT2D eigenvalue weighted by atomic mass is 10.0. The number of nitrogens with one attached hydrogen (secondary N) is 1. The Morgan fingerprint density at radius 1 is 1.10 bits per heavy atom. The zero-order valence-corrected chi connectivity index (χ0v) is 22.1. The van der Waals surface area contributed by atoms with Gasteiger partial charge in [0.2, 0.25) is 5.95 Å². The van der Waals surface area contributed by atoms with Gasteiger partial charge in [-0.15, -0.1) is 0 Å². The van der Waals surface area contributed by atoms with Crippen molar-refractivity contribution in [2.24, 2.45) is 0 Å². The molecule has 6 heterocycles. The maximum Gasteiger partial charge on any atom is 0.317 e. The number of anilines is 1. The number of carbonyl (C=O) groups is 1. The highest BCUT2D eigenvalue weighted by Crippen LogP contribution is 2.46. The van der Waals surface area contributed by atoms with Crippen LogP contribution in [-0.4, -0.2) is 82.7 Å². The lowest BCUT2D eigenvalue weighted by molar-refractivity contribution is 0.0526. The van der Waals surface area contributed by atoms with Crippen LogP contribution in [0.15, 0.2) is 41.1 Å². The van der Waals surface area contributed by atoms with Crippen molar-refractivity contribution in [2.75, 3.05) is 50.9 Å². The molecule has 11 heteroatoms. The molecule has 39 heavy (non-hydrogen) atoms. The summed E-state index contributed by atoms with van der Waals surface area (Å²) in [6.45, 7) is 8.19. The number of rotatable bonds is 4. The van der Waals surface area contributed by atoms with E-state index in [2.05, 4.69) is 24.9 Å². The number of benzene rings is 1. The van der Waals surface area contributed by atoms with Gasteiger partial charge in [-0.05, 0) is 44.5 Å². The number of carbonyl (C=O) groups excluding carboxylic acids is 1. The summed E-state index contributed by atoms with van der Waals surface area (Å²) < 4.78 is 19.6. The van der Waals surface area contributed by atoms with Crippen LogP contribution in [0.2, 0.25) is 0 Å². The Morgan fingerprint density at radius 2 is 1.97 bits per heavy atom. The smallest absolute Gasteiger partial charge is 0.317 e. The van der Waals surface area contributed by atoms with E-state index in [-0.39, 0.29) is 18.1 Å². The van der Waals surface area contributed by atoms with E-state index in [0.717, 1.165) is 64.0 Å². The molecule has 4 aromatic rings. The standard InChI is InChI=1S/C28H31N7O4/c1-17-24(18(2)39-32-17)20-6-7-22-25-26(20)38-16-23(21-5-3-4-9-29-21)35(25)27(31-22)34-10-8-19(15-34)30-28(36)33-11-13-37-14-12-33/h3-7,9,19,23H,8,10-16H2,1-2H3,(H,30,36). The number of hydrogen-bond acceptors (Lipinski definition) is 8. The molecule has 3 aliphatic heterocycles. The number of ether oxygens (including phenoxy) is 2. The lowest BCUT2D eigenvalue weighted by Gasteiger charge is -2.30. The first-order chi connectivity index (χ1) is 19.1. The molecule has 7 rings (SSSR count). The van der Waals surface area contributed by atoms with Gasteiger partial charge in [0.15, 0.2) is 5.75 Å². The SMILES string of the molecule is Cc1noc(C)c1-c1ccc2nc(N3CCC(NC(=O)N4CCOCC4)C3)n3c2c1OCC3c1ccccn1. The van der Waals surface area contributed by atoms with Crippen molar-refractivity contribution in [1.29, 1.82) is 0 Å². The summed E-state index contributed by atoms with van der Waals surface area (Å²) >= 11 is 0. The largest absolute Gasteiger partial charge is 0.488 e. The second kappa shape index (κ2) is 9.57. The van der Waals surface area contributed by atoms with Crippen molar-refractivity contribution in [2.45, 2.75) is 32.4 Å². The van der Waals surface area contributed by atoms with Crippen LogP contribution in [0.25, 0.3) is 22.2 Å². The number of nitrogens with zero attached hydrogens (tertiary/aromatic N) is 6. The van der Waals surface area contributed by atoms with Gasteiger partial charge in [0.25, 0.3) is 0 Å². The fourth-order valence-electron chi connectivity index (χ4n) is 5.99. The highest BCUT2D eigenvalue weighted by atomic mass is 16.5. The third-order valence-corrected chi connectivity index (χ3v) is 7.91. The predicted octanol–water partition coefficient (Wildman–Crippen LogP) is 3.31. The van der Waals surface area contributed by atoms with Crippen molar-refractivity contribution < 1.29 is 18.8 Å². The molecule has 0 spiro atoms. The van der Waals surface area contributed by atoms with E-state index in [1.165, 1.54) is 0 Å². The maximum absolute atomic E-state index is 12.8. The third kappa shape index (κ3) is 4.08. The Morgan fingerprint density at radius 3 is 2.74 bits per heavy atom. The minimum Gasteiger partial charge on any atom is -0.488 e. The van der Waals surface area contributed by atoms with E-state index in [9.17, 15) is 4.79 Å². The van der Waals surface area contributed by atoms with Gasteiger partial charge in [-0.1, -0.05) is 11.2 Å². The summed E-state index contributed by atoms with van der Waals surface area (Å²) in [4.78, 5) is 26.7. The second-order valence-corrected chi connectivity index (χ2v) is 10.4. The van der Waals surface area contributed by atoms with Gasteiger partial charge in [-0.25, -0.2) is 9.78 Å². The van der Waals surface area contributed by atoms with E-state index in [1.807, 2.05) is 55.3 Å². The summed E-state index contributed by atoms with van der Waals surface area (Å²) in [5.41, 5.74) is 5.43. The Bertz CT molecular complexity index is 1510. The number of urea groups is 1. The molecule has 0 radical (unpaired) electrons. The van der Waals surface area contributed by atoms with Gasteiger partial charge in [-0.3, -0.25) is 9.55 Å². The first kappa shape index (κ1) is 24.0. The fourth-order valence-corrected chi connectivity index (χ4v) is 5.99. The Labute approximate surface area is 225 Å². The Kier molecular flexibility index (Phi) is 5.88. The van der Waals surface area contributed by atoms with Crippen molar-refractivity contribution >= 4 is 23.0 Å². The van der Waals surface area contributed by atoms with E-state index >= 15 is 0 Å².